The molecule has 3 rings (SSSR count). The maximum absolute atomic E-state index is 11.3. The number of aryl methyl sites for hydroxylation is 1. The molecule has 2 heteroatoms. The van der Waals surface area contributed by atoms with Crippen molar-refractivity contribution >= 4 is 16.6 Å². The van der Waals surface area contributed by atoms with Gasteiger partial charge in [-0.15, -0.1) is 0 Å². The first-order valence-corrected chi connectivity index (χ1v) is 7.17. The molecule has 2 nitrogen and oxygen atoms in total. The number of carbonyl (C=O) groups excluding carboxylic acids is 1. The number of carbonyl (C=O) groups is 1. The summed E-state index contributed by atoms with van der Waals surface area (Å²) in [6.07, 6.45) is 3.14. The fraction of sp³-hybridized carbons (Fsp3) is 0.158. The van der Waals surface area contributed by atoms with Crippen molar-refractivity contribution in [3.05, 3.63) is 66.4 Å². The number of benzene rings is 2. The van der Waals surface area contributed by atoms with Crippen LogP contribution in [0.5, 0.6) is 0 Å². The molecule has 0 fully saturated rings. The quantitative estimate of drug-likeness (QED) is 0.705. The molecular formula is C19H17NO. The number of pyridine rings is 1. The Kier molecular flexibility index (Phi) is 3.78. The van der Waals surface area contributed by atoms with E-state index < -0.39 is 0 Å². The van der Waals surface area contributed by atoms with Crippen LogP contribution in [0.3, 0.4) is 0 Å². The van der Waals surface area contributed by atoms with Crippen molar-refractivity contribution in [2.24, 2.45) is 0 Å². The first-order chi connectivity index (χ1) is 10.3. The van der Waals surface area contributed by atoms with Crippen molar-refractivity contribution in [1.82, 2.24) is 4.98 Å². The zero-order valence-electron chi connectivity index (χ0n) is 12.0. The predicted octanol–water partition coefficient (Wildman–Crippen LogP) is 4.42. The molecule has 0 aliphatic rings. The van der Waals surface area contributed by atoms with Crippen molar-refractivity contribution in [2.75, 3.05) is 0 Å². The van der Waals surface area contributed by atoms with Crippen LogP contribution >= 0.6 is 0 Å². The van der Waals surface area contributed by atoms with Crippen LogP contribution < -0.4 is 0 Å². The fourth-order valence-electron chi connectivity index (χ4n) is 2.65. The van der Waals surface area contributed by atoms with Gasteiger partial charge in [-0.3, -0.25) is 4.98 Å². The zero-order valence-corrected chi connectivity index (χ0v) is 12.0. The van der Waals surface area contributed by atoms with Crippen LogP contribution in [0.15, 0.2) is 60.8 Å². The van der Waals surface area contributed by atoms with Crippen LogP contribution in [-0.2, 0) is 11.2 Å². The summed E-state index contributed by atoms with van der Waals surface area (Å²) in [6.45, 7) is 1.64. The molecule has 1 heterocycles. The molecule has 0 aliphatic carbocycles. The topological polar surface area (TPSA) is 30.0 Å². The summed E-state index contributed by atoms with van der Waals surface area (Å²) in [5, 5.41) is 2.39. The minimum absolute atomic E-state index is 0.218. The second-order valence-corrected chi connectivity index (χ2v) is 5.24. The van der Waals surface area contributed by atoms with Gasteiger partial charge >= 0.3 is 0 Å². The lowest BCUT2D eigenvalue weighted by Crippen LogP contribution is -1.98. The molecule has 0 amide bonds. The molecule has 21 heavy (non-hydrogen) atoms. The Labute approximate surface area is 124 Å². The molecule has 0 unspecified atom stereocenters. The van der Waals surface area contributed by atoms with E-state index in [-0.39, 0.29) is 5.78 Å². The van der Waals surface area contributed by atoms with Crippen molar-refractivity contribution < 1.29 is 4.79 Å². The van der Waals surface area contributed by atoms with Gasteiger partial charge in [-0.05, 0) is 41.8 Å². The molecule has 0 N–H and O–H groups in total. The summed E-state index contributed by atoms with van der Waals surface area (Å²) < 4.78 is 0. The summed E-state index contributed by atoms with van der Waals surface area (Å²) in [5.74, 6) is 0.218. The third-order valence-corrected chi connectivity index (χ3v) is 3.68. The van der Waals surface area contributed by atoms with Crippen molar-refractivity contribution in [2.45, 2.75) is 19.8 Å². The monoisotopic (exact) mass is 275 g/mol. The van der Waals surface area contributed by atoms with Crippen LogP contribution in [0.4, 0.5) is 0 Å². The Hall–Kier alpha value is -2.48. The van der Waals surface area contributed by atoms with Gasteiger partial charge in [0.05, 0.1) is 5.69 Å². The Bertz CT molecular complexity index is 778. The van der Waals surface area contributed by atoms with Crippen LogP contribution in [0.2, 0.25) is 0 Å². The minimum Gasteiger partial charge on any atom is -0.300 e. The Morgan fingerprint density at radius 2 is 1.81 bits per heavy atom. The zero-order chi connectivity index (χ0) is 14.7. The summed E-state index contributed by atoms with van der Waals surface area (Å²) in [7, 11) is 0. The fourth-order valence-corrected chi connectivity index (χ4v) is 2.65. The van der Waals surface area contributed by atoms with Gasteiger partial charge in [0.25, 0.3) is 0 Å². The van der Waals surface area contributed by atoms with Gasteiger partial charge in [-0.1, -0.05) is 42.5 Å². The third kappa shape index (κ3) is 2.84. The van der Waals surface area contributed by atoms with E-state index in [4.69, 9.17) is 0 Å². The summed E-state index contributed by atoms with van der Waals surface area (Å²) in [5.41, 5.74) is 3.30. The lowest BCUT2D eigenvalue weighted by Gasteiger charge is -2.12. The van der Waals surface area contributed by atoms with Gasteiger partial charge in [0, 0.05) is 18.2 Å². The van der Waals surface area contributed by atoms with Gasteiger partial charge in [0.15, 0.2) is 0 Å². The van der Waals surface area contributed by atoms with E-state index in [1.165, 1.54) is 16.3 Å². The smallest absolute Gasteiger partial charge is 0.130 e. The van der Waals surface area contributed by atoms with E-state index in [1.54, 1.807) is 6.92 Å². The molecule has 3 aromatic rings. The number of hydrogen-bond acceptors (Lipinski definition) is 2. The second kappa shape index (κ2) is 5.88. The average Bonchev–Trinajstić information content (AvgIpc) is 2.53. The van der Waals surface area contributed by atoms with E-state index in [9.17, 15) is 4.79 Å². The SMILES string of the molecule is CC(=O)CCc1ccc2ccccc2c1-c1ccccn1. The van der Waals surface area contributed by atoms with Gasteiger partial charge < -0.3 is 4.79 Å². The van der Waals surface area contributed by atoms with E-state index in [2.05, 4.69) is 29.2 Å². The highest BCUT2D eigenvalue weighted by atomic mass is 16.1. The largest absolute Gasteiger partial charge is 0.300 e. The van der Waals surface area contributed by atoms with Crippen LogP contribution in [0, 0.1) is 0 Å². The molecule has 0 radical (unpaired) electrons. The molecule has 0 spiro atoms. The molecule has 0 aliphatic heterocycles. The Morgan fingerprint density at radius 3 is 2.57 bits per heavy atom. The van der Waals surface area contributed by atoms with Crippen molar-refractivity contribution in [1.29, 1.82) is 0 Å². The molecule has 104 valence electrons. The highest BCUT2D eigenvalue weighted by molar-refractivity contribution is 5.97. The van der Waals surface area contributed by atoms with Gasteiger partial charge in [0.2, 0.25) is 0 Å². The third-order valence-electron chi connectivity index (χ3n) is 3.68. The number of hydrogen-bond donors (Lipinski definition) is 0. The number of aromatic nitrogens is 1. The molecule has 2 aromatic carbocycles. The molecule has 1 aromatic heterocycles. The minimum atomic E-state index is 0.218. The number of ketones is 1. The Morgan fingerprint density at radius 1 is 1.00 bits per heavy atom. The second-order valence-electron chi connectivity index (χ2n) is 5.24. The van der Waals surface area contributed by atoms with Crippen LogP contribution in [-0.4, -0.2) is 10.8 Å². The standard InChI is InChI=1S/C19H17NO/c1-14(21)9-10-16-12-11-15-6-2-3-7-17(15)19(16)18-8-4-5-13-20-18/h2-8,11-13H,9-10H2,1H3. The lowest BCUT2D eigenvalue weighted by molar-refractivity contribution is -0.116. The summed E-state index contributed by atoms with van der Waals surface area (Å²) in [4.78, 5) is 15.8. The van der Waals surface area contributed by atoms with E-state index >= 15 is 0 Å². The average molecular weight is 275 g/mol. The van der Waals surface area contributed by atoms with Gasteiger partial charge in [-0.2, -0.15) is 0 Å². The summed E-state index contributed by atoms with van der Waals surface area (Å²) >= 11 is 0. The van der Waals surface area contributed by atoms with Gasteiger partial charge in [-0.25, -0.2) is 0 Å². The van der Waals surface area contributed by atoms with E-state index in [0.717, 1.165) is 17.7 Å². The highest BCUT2D eigenvalue weighted by Gasteiger charge is 2.11. The van der Waals surface area contributed by atoms with Crippen molar-refractivity contribution in [3.8, 4) is 11.3 Å². The molecular weight excluding hydrogens is 258 g/mol. The number of Topliss-reactive ketones (excluding diaryl/α,β-unsaturated/α-hetero) is 1. The molecule has 0 bridgehead atoms. The van der Waals surface area contributed by atoms with Crippen LogP contribution in [0.25, 0.3) is 22.0 Å². The molecule has 0 saturated carbocycles. The number of fused-ring (bicyclic) bond motifs is 1. The maximum Gasteiger partial charge on any atom is 0.130 e. The first kappa shape index (κ1) is 13.5. The molecule has 0 saturated heterocycles. The highest BCUT2D eigenvalue weighted by Crippen LogP contribution is 2.31. The first-order valence-electron chi connectivity index (χ1n) is 7.17. The van der Waals surface area contributed by atoms with Crippen molar-refractivity contribution in [3.63, 3.8) is 0 Å². The number of rotatable bonds is 4. The van der Waals surface area contributed by atoms with Crippen LogP contribution in [0.1, 0.15) is 18.9 Å². The normalized spacial score (nSPS) is 10.7. The van der Waals surface area contributed by atoms with Gasteiger partial charge in [0.1, 0.15) is 5.78 Å². The molecule has 0 atom stereocenters. The van der Waals surface area contributed by atoms with E-state index in [1.807, 2.05) is 36.5 Å². The number of nitrogens with zero attached hydrogens (tertiary/aromatic N) is 1. The van der Waals surface area contributed by atoms with E-state index in [0.29, 0.717) is 6.42 Å². The summed E-state index contributed by atoms with van der Waals surface area (Å²) in [6, 6.07) is 18.5. The Balaban J connectivity index is 2.20. The maximum atomic E-state index is 11.3. The predicted molar refractivity (Wildman–Crippen MR) is 86.2 cm³/mol. The lowest BCUT2D eigenvalue weighted by atomic mass is 9.93.